The Morgan fingerprint density at radius 1 is 1.17 bits per heavy atom. The summed E-state index contributed by atoms with van der Waals surface area (Å²) in [5.41, 5.74) is 1.42. The van der Waals surface area contributed by atoms with Gasteiger partial charge < -0.3 is 30.5 Å². The number of benzene rings is 1. The van der Waals surface area contributed by atoms with E-state index in [4.69, 9.17) is 4.74 Å². The average molecular weight is 415 g/mol. The van der Waals surface area contributed by atoms with E-state index in [9.17, 15) is 25.2 Å². The molecule has 0 saturated carbocycles. The Labute approximate surface area is 170 Å². The van der Waals surface area contributed by atoms with Crippen molar-refractivity contribution in [3.63, 3.8) is 0 Å². The number of rotatable bonds is 7. The first-order valence-corrected chi connectivity index (χ1v) is 9.33. The molecule has 3 aromatic rings. The highest BCUT2D eigenvalue weighted by molar-refractivity contribution is 5.86. The topological polar surface area (TPSA) is 163 Å². The summed E-state index contributed by atoms with van der Waals surface area (Å²) in [6.07, 6.45) is -1.68. The van der Waals surface area contributed by atoms with Gasteiger partial charge >= 0.3 is 5.97 Å². The number of hydrogen-bond acceptors (Lipinski definition) is 9. The van der Waals surface area contributed by atoms with E-state index in [0.29, 0.717) is 0 Å². The molecule has 0 aliphatic carbocycles. The minimum Gasteiger partial charge on any atom is -0.480 e. The number of carboxylic acid groups (broad SMARTS) is 1. The predicted molar refractivity (Wildman–Crippen MR) is 104 cm³/mol. The molecule has 1 aromatic carbocycles. The van der Waals surface area contributed by atoms with Gasteiger partial charge in [0.15, 0.2) is 23.2 Å². The summed E-state index contributed by atoms with van der Waals surface area (Å²) >= 11 is 0. The van der Waals surface area contributed by atoms with Crippen LogP contribution in [0.4, 0.5) is 5.82 Å². The van der Waals surface area contributed by atoms with Crippen LogP contribution in [-0.4, -0.2) is 76.9 Å². The van der Waals surface area contributed by atoms with Crippen molar-refractivity contribution in [2.24, 2.45) is 0 Å². The summed E-state index contributed by atoms with van der Waals surface area (Å²) in [5, 5.41) is 42.1. The van der Waals surface area contributed by atoms with Gasteiger partial charge in [0, 0.05) is 6.42 Å². The van der Waals surface area contributed by atoms with Crippen LogP contribution in [0.1, 0.15) is 11.8 Å². The number of aliphatic carboxylic acids is 1. The van der Waals surface area contributed by atoms with E-state index in [2.05, 4.69) is 20.3 Å². The van der Waals surface area contributed by atoms with Crippen molar-refractivity contribution in [1.29, 1.82) is 0 Å². The zero-order valence-corrected chi connectivity index (χ0v) is 15.7. The molecule has 0 radical (unpaired) electrons. The van der Waals surface area contributed by atoms with Crippen molar-refractivity contribution >= 4 is 23.0 Å². The normalized spacial score (nSPS) is 24.8. The molecular formula is C19H21N5O6. The summed E-state index contributed by atoms with van der Waals surface area (Å²) in [6.45, 7) is -0.455. The molecule has 5 atom stereocenters. The van der Waals surface area contributed by atoms with Gasteiger partial charge in [-0.2, -0.15) is 0 Å². The molecule has 30 heavy (non-hydrogen) atoms. The maximum atomic E-state index is 11.8. The van der Waals surface area contributed by atoms with E-state index < -0.39 is 43.2 Å². The first-order chi connectivity index (χ1) is 14.5. The first-order valence-electron chi connectivity index (χ1n) is 9.33. The number of nitrogens with zero attached hydrogens (tertiary/aromatic N) is 4. The number of imidazole rings is 1. The zero-order chi connectivity index (χ0) is 21.3. The largest absolute Gasteiger partial charge is 0.480 e. The summed E-state index contributed by atoms with van der Waals surface area (Å²) in [7, 11) is 0. The molecule has 1 fully saturated rings. The summed E-state index contributed by atoms with van der Waals surface area (Å²) < 4.78 is 6.94. The van der Waals surface area contributed by atoms with Crippen molar-refractivity contribution < 1.29 is 30.0 Å². The second-order valence-corrected chi connectivity index (χ2v) is 7.00. The van der Waals surface area contributed by atoms with E-state index in [-0.39, 0.29) is 23.4 Å². The smallest absolute Gasteiger partial charge is 0.326 e. The monoisotopic (exact) mass is 415 g/mol. The van der Waals surface area contributed by atoms with Gasteiger partial charge in [-0.25, -0.2) is 19.7 Å². The highest BCUT2D eigenvalue weighted by atomic mass is 16.6. The van der Waals surface area contributed by atoms with Crippen molar-refractivity contribution in [3.8, 4) is 0 Å². The molecule has 0 bridgehead atoms. The van der Waals surface area contributed by atoms with Gasteiger partial charge in [-0.15, -0.1) is 0 Å². The maximum Gasteiger partial charge on any atom is 0.326 e. The van der Waals surface area contributed by atoms with Gasteiger partial charge in [-0.3, -0.25) is 4.57 Å². The molecule has 158 valence electrons. The lowest BCUT2D eigenvalue weighted by molar-refractivity contribution is -0.137. The number of anilines is 1. The fourth-order valence-corrected chi connectivity index (χ4v) is 3.47. The summed E-state index contributed by atoms with van der Waals surface area (Å²) in [6, 6.07) is 8.24. The molecule has 0 amide bonds. The van der Waals surface area contributed by atoms with E-state index in [1.807, 2.05) is 30.3 Å². The molecule has 3 heterocycles. The van der Waals surface area contributed by atoms with Crippen LogP contribution >= 0.6 is 0 Å². The van der Waals surface area contributed by atoms with Gasteiger partial charge in [0.1, 0.15) is 30.7 Å². The van der Waals surface area contributed by atoms with E-state index in [1.54, 1.807) is 0 Å². The number of carboxylic acids is 1. The van der Waals surface area contributed by atoms with Crippen LogP contribution in [0.2, 0.25) is 0 Å². The lowest BCUT2D eigenvalue weighted by Gasteiger charge is -2.17. The Bertz CT molecular complexity index is 1030. The molecule has 4 rings (SSSR count). The Hall–Kier alpha value is -3.12. The number of carbonyl (C=O) groups is 1. The van der Waals surface area contributed by atoms with E-state index in [0.717, 1.165) is 5.56 Å². The molecule has 0 spiro atoms. The van der Waals surface area contributed by atoms with Crippen LogP contribution < -0.4 is 5.32 Å². The van der Waals surface area contributed by atoms with Gasteiger partial charge in [0.05, 0.1) is 12.9 Å². The third-order valence-corrected chi connectivity index (χ3v) is 5.04. The van der Waals surface area contributed by atoms with Crippen LogP contribution in [-0.2, 0) is 16.0 Å². The lowest BCUT2D eigenvalue weighted by atomic mass is 10.1. The number of aliphatic hydroxyl groups excluding tert-OH is 3. The average Bonchev–Trinajstić information content (AvgIpc) is 3.30. The maximum absolute atomic E-state index is 11.8. The highest BCUT2D eigenvalue weighted by Gasteiger charge is 2.44. The minimum atomic E-state index is -1.30. The predicted octanol–water partition coefficient (Wildman–Crippen LogP) is -0.454. The van der Waals surface area contributed by atoms with Crippen molar-refractivity contribution in [1.82, 2.24) is 19.5 Å². The Morgan fingerprint density at radius 2 is 1.93 bits per heavy atom. The fraction of sp³-hybridized carbons (Fsp3) is 0.368. The molecule has 1 aliphatic rings. The van der Waals surface area contributed by atoms with Gasteiger partial charge in [-0.05, 0) is 5.56 Å². The third kappa shape index (κ3) is 3.71. The van der Waals surface area contributed by atoms with Gasteiger partial charge in [-0.1, -0.05) is 30.3 Å². The molecule has 11 nitrogen and oxygen atoms in total. The van der Waals surface area contributed by atoms with Gasteiger partial charge in [0.2, 0.25) is 0 Å². The summed E-state index contributed by atoms with van der Waals surface area (Å²) in [5.74, 6) is -0.831. The van der Waals surface area contributed by atoms with Crippen molar-refractivity contribution in [3.05, 3.63) is 48.5 Å². The zero-order valence-electron chi connectivity index (χ0n) is 15.7. The van der Waals surface area contributed by atoms with Crippen molar-refractivity contribution in [2.75, 3.05) is 11.9 Å². The van der Waals surface area contributed by atoms with Crippen LogP contribution in [0, 0.1) is 0 Å². The number of fused-ring (bicyclic) bond motifs is 1. The fourth-order valence-electron chi connectivity index (χ4n) is 3.47. The molecule has 11 heteroatoms. The molecule has 4 unspecified atom stereocenters. The molecule has 1 saturated heterocycles. The van der Waals surface area contributed by atoms with E-state index in [1.165, 1.54) is 17.2 Å². The molecule has 2 aromatic heterocycles. The van der Waals surface area contributed by atoms with Crippen LogP contribution in [0.25, 0.3) is 11.2 Å². The Balaban J connectivity index is 1.62. The Kier molecular flexibility index (Phi) is 5.59. The molecule has 5 N–H and O–H groups in total. The lowest BCUT2D eigenvalue weighted by Crippen LogP contribution is -2.33. The minimum absolute atomic E-state index is 0.217. The number of hydrogen-bond donors (Lipinski definition) is 5. The molecule has 1 aliphatic heterocycles. The second kappa shape index (κ2) is 8.32. The quantitative estimate of drug-likeness (QED) is 0.341. The summed E-state index contributed by atoms with van der Waals surface area (Å²) in [4.78, 5) is 24.3. The van der Waals surface area contributed by atoms with Gasteiger partial charge in [0.25, 0.3) is 0 Å². The molecular weight excluding hydrogens is 394 g/mol. The number of aromatic nitrogens is 4. The third-order valence-electron chi connectivity index (χ3n) is 5.04. The SMILES string of the molecule is O=C(O)[C@@H](Cc1ccccc1)Nc1ncnc2c1ncn2C1OC(CO)C(O)C1O. The Morgan fingerprint density at radius 3 is 2.60 bits per heavy atom. The second-order valence-electron chi connectivity index (χ2n) is 7.00. The van der Waals surface area contributed by atoms with E-state index >= 15 is 0 Å². The van der Waals surface area contributed by atoms with Crippen LogP contribution in [0.5, 0.6) is 0 Å². The van der Waals surface area contributed by atoms with Crippen LogP contribution in [0.15, 0.2) is 43.0 Å². The number of ether oxygens (including phenoxy) is 1. The first kappa shape index (κ1) is 20.2. The van der Waals surface area contributed by atoms with Crippen molar-refractivity contribution in [2.45, 2.75) is 37.0 Å². The number of aliphatic hydroxyl groups is 3. The number of nitrogens with one attached hydrogen (secondary N) is 1. The highest BCUT2D eigenvalue weighted by Crippen LogP contribution is 2.32. The van der Waals surface area contributed by atoms with Crippen LogP contribution in [0.3, 0.4) is 0 Å². The standard InChI is InChI=1S/C19H21N5O6/c25-7-12-14(26)15(27)18(30-12)24-9-22-13-16(20-8-21-17(13)24)23-11(19(28)29)6-10-4-2-1-3-5-10/h1-5,8-9,11-12,14-15,18,25-27H,6-7H2,(H,28,29)(H,20,21,23)/t11-,12?,14?,15?,18?/m1/s1.